The van der Waals surface area contributed by atoms with Crippen LogP contribution >= 0.6 is 0 Å². The third-order valence-corrected chi connectivity index (χ3v) is 6.11. The summed E-state index contributed by atoms with van der Waals surface area (Å²) >= 11 is 0. The maximum absolute atomic E-state index is 13.9. The monoisotopic (exact) mass is 616 g/mol. The van der Waals surface area contributed by atoms with Crippen LogP contribution in [-0.4, -0.2) is 21.4 Å². The van der Waals surface area contributed by atoms with Crippen molar-refractivity contribution >= 4 is 37.7 Å². The quantitative estimate of drug-likeness (QED) is 0.277. The van der Waals surface area contributed by atoms with Gasteiger partial charge in [-0.25, -0.2) is 4.39 Å². The molecule has 1 aliphatic heterocycles. The lowest BCUT2D eigenvalue weighted by molar-refractivity contribution is -0.143. The molecule has 1 aliphatic rings. The van der Waals surface area contributed by atoms with E-state index >= 15 is 0 Å². The summed E-state index contributed by atoms with van der Waals surface area (Å²) in [5.74, 6) is -1.35. The highest BCUT2D eigenvalue weighted by atomic mass is 19.4. The lowest BCUT2D eigenvalue weighted by Crippen LogP contribution is -2.63. The number of alkyl halides is 12. The summed E-state index contributed by atoms with van der Waals surface area (Å²) in [5, 5.41) is 0. The van der Waals surface area contributed by atoms with E-state index in [4.69, 9.17) is 13.7 Å². The molecule has 0 saturated carbocycles. The fourth-order valence-electron chi connectivity index (χ4n) is 4.15. The van der Waals surface area contributed by atoms with E-state index < -0.39 is 85.1 Å². The van der Waals surface area contributed by atoms with Crippen LogP contribution in [0.3, 0.4) is 0 Å². The Labute approximate surface area is 229 Å². The number of hydrogen-bond acceptors (Lipinski definition) is 3. The standard InChI is InChI=1S/C23H12B3F13O3/c1-11-8-12(20(28,29)30)2-5-17(11)24-40-25(18-6-3-13(21(31,32)33)9-15(18)22(34,35)36)42-26(41-24)19-7-4-14(27)10-16(19)23(37,38)39/h2-10H,1H3. The predicted octanol–water partition coefficient (Wildman–Crippen LogP) is 5.76. The molecule has 0 spiro atoms. The van der Waals surface area contributed by atoms with Crippen molar-refractivity contribution < 1.29 is 70.8 Å². The molecule has 0 bridgehead atoms. The van der Waals surface area contributed by atoms with E-state index in [2.05, 4.69) is 0 Å². The first-order chi connectivity index (χ1) is 19.2. The van der Waals surface area contributed by atoms with Crippen LogP contribution in [0.15, 0.2) is 54.6 Å². The molecule has 42 heavy (non-hydrogen) atoms. The SMILES string of the molecule is Cc1cc(C(F)(F)F)ccc1B1OB(c2ccc(F)cc2C(F)(F)F)OB(c2ccc(C(F)(F)F)cc2C(F)(F)F)O1. The molecule has 0 unspecified atom stereocenters. The van der Waals surface area contributed by atoms with Crippen molar-refractivity contribution in [3.63, 3.8) is 0 Å². The normalized spacial score (nSPS) is 15.4. The van der Waals surface area contributed by atoms with E-state index in [0.29, 0.717) is 30.3 Å². The van der Waals surface area contributed by atoms with Gasteiger partial charge in [-0.2, -0.15) is 52.7 Å². The predicted molar refractivity (Wildman–Crippen MR) is 123 cm³/mol. The Balaban J connectivity index is 1.88. The van der Waals surface area contributed by atoms with Crippen LogP contribution in [0, 0.1) is 12.7 Å². The lowest BCUT2D eigenvalue weighted by Gasteiger charge is -2.34. The Bertz CT molecular complexity index is 1470. The molecule has 222 valence electrons. The molecule has 0 atom stereocenters. The Hall–Kier alpha value is -3.18. The van der Waals surface area contributed by atoms with Gasteiger partial charge in [0.2, 0.25) is 0 Å². The number of halogens is 13. The van der Waals surface area contributed by atoms with Gasteiger partial charge >= 0.3 is 46.1 Å². The van der Waals surface area contributed by atoms with Crippen molar-refractivity contribution in [1.29, 1.82) is 0 Å². The second-order valence-electron chi connectivity index (χ2n) is 9.00. The summed E-state index contributed by atoms with van der Waals surface area (Å²) in [6, 6.07) is 3.44. The van der Waals surface area contributed by atoms with E-state index in [1.165, 1.54) is 0 Å². The fraction of sp³-hybridized carbons (Fsp3) is 0.217. The van der Waals surface area contributed by atoms with Gasteiger partial charge in [0.05, 0.1) is 22.3 Å². The molecule has 0 amide bonds. The second kappa shape index (κ2) is 10.8. The van der Waals surface area contributed by atoms with Gasteiger partial charge in [0.1, 0.15) is 5.82 Å². The molecule has 3 aromatic carbocycles. The van der Waals surface area contributed by atoms with Crippen molar-refractivity contribution in [2.24, 2.45) is 0 Å². The summed E-state index contributed by atoms with van der Waals surface area (Å²) in [4.78, 5) is 0. The van der Waals surface area contributed by atoms with Crippen LogP contribution in [-0.2, 0) is 38.4 Å². The Morgan fingerprint density at radius 2 is 0.857 bits per heavy atom. The van der Waals surface area contributed by atoms with Crippen molar-refractivity contribution in [3.8, 4) is 0 Å². The molecule has 0 N–H and O–H groups in total. The maximum atomic E-state index is 13.9. The van der Waals surface area contributed by atoms with Gasteiger partial charge in [-0.05, 0) is 47.6 Å². The largest absolute Gasteiger partial charge is 0.467 e. The van der Waals surface area contributed by atoms with Crippen LogP contribution in [0.4, 0.5) is 57.1 Å². The maximum Gasteiger partial charge on any atom is 0.467 e. The molecular weight excluding hydrogens is 604 g/mol. The summed E-state index contributed by atoms with van der Waals surface area (Å²) in [5.41, 5.74) is -8.99. The van der Waals surface area contributed by atoms with Crippen LogP contribution in [0.25, 0.3) is 0 Å². The lowest BCUT2D eigenvalue weighted by atomic mass is 9.59. The molecule has 1 saturated heterocycles. The van der Waals surface area contributed by atoms with Gasteiger partial charge in [0.15, 0.2) is 0 Å². The average Bonchev–Trinajstić information content (AvgIpc) is 2.86. The van der Waals surface area contributed by atoms with Gasteiger partial charge in [0.25, 0.3) is 0 Å². The van der Waals surface area contributed by atoms with E-state index in [1.807, 2.05) is 0 Å². The third-order valence-electron chi connectivity index (χ3n) is 6.11. The molecular formula is C23H12B3F13O3. The first-order valence-electron chi connectivity index (χ1n) is 11.5. The average molecular weight is 616 g/mol. The molecule has 3 nitrogen and oxygen atoms in total. The summed E-state index contributed by atoms with van der Waals surface area (Å²) in [7, 11) is -6.64. The highest BCUT2D eigenvalue weighted by Gasteiger charge is 2.50. The molecule has 1 heterocycles. The zero-order valence-electron chi connectivity index (χ0n) is 20.6. The Kier molecular flexibility index (Phi) is 8.19. The van der Waals surface area contributed by atoms with Gasteiger partial charge in [-0.3, -0.25) is 0 Å². The molecule has 0 radical (unpaired) electrons. The van der Waals surface area contributed by atoms with E-state index in [9.17, 15) is 57.1 Å². The number of benzene rings is 3. The molecule has 1 fully saturated rings. The first-order valence-corrected chi connectivity index (χ1v) is 11.5. The summed E-state index contributed by atoms with van der Waals surface area (Å²) in [6.07, 6.45) is -20.7. The van der Waals surface area contributed by atoms with Crippen LogP contribution in [0.1, 0.15) is 27.8 Å². The van der Waals surface area contributed by atoms with E-state index in [-0.39, 0.29) is 29.2 Å². The van der Waals surface area contributed by atoms with Crippen molar-refractivity contribution in [1.82, 2.24) is 0 Å². The second-order valence-corrected chi connectivity index (χ2v) is 9.00. The van der Waals surface area contributed by atoms with Crippen molar-refractivity contribution in [2.75, 3.05) is 0 Å². The van der Waals surface area contributed by atoms with Gasteiger partial charge in [0, 0.05) is 0 Å². The molecule has 0 aromatic heterocycles. The first kappa shape index (κ1) is 31.8. The smallest absolute Gasteiger partial charge is 0.445 e. The van der Waals surface area contributed by atoms with E-state index in [1.54, 1.807) is 0 Å². The Morgan fingerprint density at radius 1 is 0.476 bits per heavy atom. The molecule has 4 rings (SSSR count). The van der Waals surface area contributed by atoms with Gasteiger partial charge in [-0.15, -0.1) is 0 Å². The number of rotatable bonds is 3. The number of aryl methyl sites for hydroxylation is 1. The highest BCUT2D eigenvalue weighted by molar-refractivity contribution is 6.87. The minimum absolute atomic E-state index is 0.0458. The third kappa shape index (κ3) is 6.73. The molecule has 3 aromatic rings. The Morgan fingerprint density at radius 3 is 1.29 bits per heavy atom. The van der Waals surface area contributed by atoms with Crippen LogP contribution in [0.5, 0.6) is 0 Å². The minimum Gasteiger partial charge on any atom is -0.445 e. The van der Waals surface area contributed by atoms with Crippen molar-refractivity contribution in [2.45, 2.75) is 31.6 Å². The minimum atomic E-state index is -5.45. The molecule has 19 heteroatoms. The molecule has 0 aliphatic carbocycles. The number of hydrogen-bond donors (Lipinski definition) is 0. The van der Waals surface area contributed by atoms with Gasteiger partial charge in [-0.1, -0.05) is 35.9 Å². The zero-order valence-corrected chi connectivity index (χ0v) is 20.6. The fourth-order valence-corrected chi connectivity index (χ4v) is 4.15. The topological polar surface area (TPSA) is 27.7 Å². The zero-order chi connectivity index (χ0) is 31.4. The van der Waals surface area contributed by atoms with E-state index in [0.717, 1.165) is 13.0 Å². The van der Waals surface area contributed by atoms with Gasteiger partial charge < -0.3 is 13.7 Å². The highest BCUT2D eigenvalue weighted by Crippen LogP contribution is 2.36. The van der Waals surface area contributed by atoms with Crippen molar-refractivity contribution in [3.05, 3.63) is 88.2 Å². The van der Waals surface area contributed by atoms with Crippen LogP contribution < -0.4 is 16.4 Å². The van der Waals surface area contributed by atoms with Crippen LogP contribution in [0.2, 0.25) is 0 Å². The summed E-state index contributed by atoms with van der Waals surface area (Å²) in [6.45, 7) is 1.12. The summed E-state index contributed by atoms with van der Waals surface area (Å²) < 4.78 is 192.